The van der Waals surface area contributed by atoms with Crippen LogP contribution < -0.4 is 21.5 Å². The molecular weight excluding hydrogens is 393 g/mol. The Balaban J connectivity index is 1.68. The van der Waals surface area contributed by atoms with Crippen LogP contribution in [0.25, 0.3) is 0 Å². The monoisotopic (exact) mass is 412 g/mol. The molecule has 1 aliphatic rings. The third kappa shape index (κ3) is 4.19. The van der Waals surface area contributed by atoms with E-state index in [4.69, 9.17) is 12.2 Å². The largest absolute Gasteiger partial charge is 0.410 e. The first-order chi connectivity index (χ1) is 13.2. The van der Waals surface area contributed by atoms with Crippen molar-refractivity contribution in [1.82, 2.24) is 20.6 Å². The van der Waals surface area contributed by atoms with Crippen LogP contribution in [0.4, 0.5) is 24.7 Å². The van der Waals surface area contributed by atoms with Crippen molar-refractivity contribution in [3.63, 3.8) is 0 Å². The number of aromatic nitrogens is 2. The molecule has 1 aromatic heterocycles. The van der Waals surface area contributed by atoms with Crippen LogP contribution >= 0.6 is 12.2 Å². The van der Waals surface area contributed by atoms with Gasteiger partial charge in [-0.15, -0.1) is 0 Å². The number of amides is 1. The number of carbonyl (C=O) groups excluding carboxylic acids is 1. The molecule has 1 amide bonds. The number of carbonyl (C=O) groups is 1. The fraction of sp³-hybridized carbons (Fsp3) is 0.353. The number of alkyl halides is 3. The first kappa shape index (κ1) is 19.9. The topological polar surface area (TPSA) is 83.0 Å². The number of halogens is 3. The number of rotatable bonds is 2. The molecule has 2 aromatic rings. The molecule has 0 saturated carbocycles. The van der Waals surface area contributed by atoms with Crippen molar-refractivity contribution in [3.05, 3.63) is 41.6 Å². The van der Waals surface area contributed by atoms with Crippen LogP contribution in [0.5, 0.6) is 0 Å². The normalized spacial score (nSPS) is 18.6. The molecule has 1 aliphatic heterocycles. The molecule has 0 bridgehead atoms. The van der Waals surface area contributed by atoms with Crippen LogP contribution in [0.3, 0.4) is 0 Å². The van der Waals surface area contributed by atoms with E-state index in [1.807, 2.05) is 31.2 Å². The number of aryl methyl sites for hydroxylation is 1. The number of nitrogens with one attached hydrogen (secondary N) is 4. The van der Waals surface area contributed by atoms with Crippen molar-refractivity contribution in [2.75, 3.05) is 10.6 Å². The average molecular weight is 412 g/mol. The molecule has 0 aliphatic carbocycles. The molecule has 0 saturated heterocycles. The van der Waals surface area contributed by atoms with Crippen molar-refractivity contribution in [2.24, 2.45) is 0 Å². The van der Waals surface area contributed by atoms with E-state index < -0.39 is 24.2 Å². The molecule has 0 radical (unpaired) electrons. The number of nitrogens with zero attached hydrogens (tertiary/aromatic N) is 2. The van der Waals surface area contributed by atoms with Gasteiger partial charge in [-0.3, -0.25) is 15.6 Å². The minimum atomic E-state index is -4.46. The summed E-state index contributed by atoms with van der Waals surface area (Å²) in [6.07, 6.45) is -3.52. The van der Waals surface area contributed by atoms with E-state index in [9.17, 15) is 18.0 Å². The molecule has 7 nitrogen and oxygen atoms in total. The quantitative estimate of drug-likeness (QED) is 0.448. The van der Waals surface area contributed by atoms with E-state index in [2.05, 4.69) is 26.6 Å². The summed E-state index contributed by atoms with van der Waals surface area (Å²) in [7, 11) is 0. The SMILES string of the molecule is Cc1ccccc1NC(=S)NNC(=O)c1cnn2c1NC(C)CC2C(F)(F)F. The summed E-state index contributed by atoms with van der Waals surface area (Å²) in [5.74, 6) is -0.629. The molecule has 0 fully saturated rings. The van der Waals surface area contributed by atoms with Gasteiger partial charge in [0, 0.05) is 11.7 Å². The predicted molar refractivity (Wildman–Crippen MR) is 103 cm³/mol. The summed E-state index contributed by atoms with van der Waals surface area (Å²) in [5, 5.41) is 9.72. The van der Waals surface area contributed by atoms with Gasteiger partial charge >= 0.3 is 6.18 Å². The molecule has 11 heteroatoms. The summed E-state index contributed by atoms with van der Waals surface area (Å²) in [6, 6.07) is 5.19. The lowest BCUT2D eigenvalue weighted by atomic mass is 10.1. The second-order valence-electron chi connectivity index (χ2n) is 6.54. The fourth-order valence-electron chi connectivity index (χ4n) is 2.96. The third-order valence-corrected chi connectivity index (χ3v) is 4.56. The van der Waals surface area contributed by atoms with E-state index in [0.29, 0.717) is 0 Å². The van der Waals surface area contributed by atoms with E-state index in [0.717, 1.165) is 22.1 Å². The number of thiocarbonyl (C=S) groups is 1. The van der Waals surface area contributed by atoms with Crippen molar-refractivity contribution in [3.8, 4) is 0 Å². The number of hydrazine groups is 1. The van der Waals surface area contributed by atoms with Crippen molar-refractivity contribution >= 4 is 34.7 Å². The van der Waals surface area contributed by atoms with Crippen LogP contribution in [0.1, 0.15) is 35.3 Å². The maximum Gasteiger partial charge on any atom is 0.410 e. The fourth-order valence-corrected chi connectivity index (χ4v) is 3.12. The Labute approximate surface area is 164 Å². The van der Waals surface area contributed by atoms with Gasteiger partial charge in [0.2, 0.25) is 0 Å². The lowest BCUT2D eigenvalue weighted by molar-refractivity contribution is -0.173. The minimum Gasteiger partial charge on any atom is -0.367 e. The highest BCUT2D eigenvalue weighted by Crippen LogP contribution is 2.39. The molecular formula is C17H19F3N6OS. The van der Waals surface area contributed by atoms with Crippen molar-refractivity contribution in [2.45, 2.75) is 38.5 Å². The van der Waals surface area contributed by atoms with Gasteiger partial charge < -0.3 is 10.6 Å². The van der Waals surface area contributed by atoms with Gasteiger partial charge in [0.25, 0.3) is 5.91 Å². The summed E-state index contributed by atoms with van der Waals surface area (Å²) in [4.78, 5) is 12.4. The van der Waals surface area contributed by atoms with Gasteiger partial charge in [0.15, 0.2) is 11.2 Å². The van der Waals surface area contributed by atoms with Gasteiger partial charge in [-0.05, 0) is 44.1 Å². The Bertz CT molecular complexity index is 897. The number of fused-ring (bicyclic) bond motifs is 1. The van der Waals surface area contributed by atoms with Crippen LogP contribution in [-0.4, -0.2) is 33.0 Å². The highest BCUT2D eigenvalue weighted by Gasteiger charge is 2.46. The zero-order valence-electron chi connectivity index (χ0n) is 15.1. The molecule has 3 rings (SSSR count). The molecule has 0 spiro atoms. The van der Waals surface area contributed by atoms with Gasteiger partial charge in [0.1, 0.15) is 11.4 Å². The van der Waals surface area contributed by atoms with Crippen molar-refractivity contribution in [1.29, 1.82) is 0 Å². The predicted octanol–water partition coefficient (Wildman–Crippen LogP) is 3.13. The molecule has 2 unspecified atom stereocenters. The lowest BCUT2D eigenvalue weighted by Gasteiger charge is -2.31. The zero-order valence-corrected chi connectivity index (χ0v) is 15.9. The van der Waals surface area contributed by atoms with Crippen LogP contribution in [-0.2, 0) is 0 Å². The average Bonchev–Trinajstić information content (AvgIpc) is 3.03. The molecule has 28 heavy (non-hydrogen) atoms. The Morgan fingerprint density at radius 2 is 2.04 bits per heavy atom. The summed E-state index contributed by atoms with van der Waals surface area (Å²) >= 11 is 5.13. The Hall–Kier alpha value is -2.82. The van der Waals surface area contributed by atoms with E-state index >= 15 is 0 Å². The second kappa shape index (κ2) is 7.66. The molecule has 2 heterocycles. The number of hydrogen-bond donors (Lipinski definition) is 4. The lowest BCUT2D eigenvalue weighted by Crippen LogP contribution is -2.44. The van der Waals surface area contributed by atoms with E-state index in [-0.39, 0.29) is 22.9 Å². The Morgan fingerprint density at radius 1 is 1.32 bits per heavy atom. The zero-order chi connectivity index (χ0) is 20.5. The first-order valence-electron chi connectivity index (χ1n) is 8.50. The molecule has 4 N–H and O–H groups in total. The molecule has 1 aromatic carbocycles. The van der Waals surface area contributed by atoms with E-state index in [1.54, 1.807) is 6.92 Å². The second-order valence-corrected chi connectivity index (χ2v) is 6.95. The van der Waals surface area contributed by atoms with Crippen LogP contribution in [0.2, 0.25) is 0 Å². The minimum absolute atomic E-state index is 0.00742. The summed E-state index contributed by atoms with van der Waals surface area (Å²) in [6.45, 7) is 3.52. The smallest absolute Gasteiger partial charge is 0.367 e. The Morgan fingerprint density at radius 3 is 2.71 bits per heavy atom. The maximum atomic E-state index is 13.3. The number of anilines is 2. The van der Waals surface area contributed by atoms with Gasteiger partial charge in [0.05, 0.1) is 6.20 Å². The standard InChI is InChI=1S/C17H19F3N6OS/c1-9-5-3-4-6-12(9)23-16(28)25-24-15(27)11-8-21-26-13(17(18,19)20)7-10(2)22-14(11)26/h3-6,8,10,13,22H,7H2,1-2H3,(H,24,27)(H2,23,25,28). The van der Waals surface area contributed by atoms with Crippen LogP contribution in [0, 0.1) is 6.92 Å². The third-order valence-electron chi connectivity index (χ3n) is 4.36. The highest BCUT2D eigenvalue weighted by molar-refractivity contribution is 7.80. The van der Waals surface area contributed by atoms with Gasteiger partial charge in [-0.25, -0.2) is 4.68 Å². The number of para-hydroxylation sites is 1. The summed E-state index contributed by atoms with van der Waals surface area (Å²) in [5.41, 5.74) is 6.63. The molecule has 150 valence electrons. The van der Waals surface area contributed by atoms with E-state index in [1.165, 1.54) is 0 Å². The van der Waals surface area contributed by atoms with Crippen molar-refractivity contribution < 1.29 is 18.0 Å². The Kier molecular flexibility index (Phi) is 5.45. The number of hydrogen-bond acceptors (Lipinski definition) is 4. The van der Waals surface area contributed by atoms with Gasteiger partial charge in [-0.2, -0.15) is 18.3 Å². The first-order valence-corrected chi connectivity index (χ1v) is 8.91. The maximum absolute atomic E-state index is 13.3. The van der Waals surface area contributed by atoms with Gasteiger partial charge in [-0.1, -0.05) is 18.2 Å². The summed E-state index contributed by atoms with van der Waals surface area (Å²) < 4.78 is 40.6. The van der Waals surface area contributed by atoms with Crippen LogP contribution in [0.15, 0.2) is 30.5 Å². The molecule has 2 atom stereocenters. The highest BCUT2D eigenvalue weighted by atomic mass is 32.1. The number of benzene rings is 1.